The Morgan fingerprint density at radius 2 is 2.13 bits per heavy atom. The molecule has 2 fully saturated rings. The van der Waals surface area contributed by atoms with Crippen molar-refractivity contribution in [3.63, 3.8) is 0 Å². The van der Waals surface area contributed by atoms with Crippen molar-refractivity contribution >= 4 is 38.9 Å². The van der Waals surface area contributed by atoms with Gasteiger partial charge in [0.15, 0.2) is 9.84 Å². The van der Waals surface area contributed by atoms with Gasteiger partial charge in [0.2, 0.25) is 11.8 Å². The highest BCUT2D eigenvalue weighted by atomic mass is 35.5. The maximum Gasteiger partial charge on any atom is 0.229 e. The molecular formula is C15H17ClN2O4S. The molecule has 0 spiro atoms. The van der Waals surface area contributed by atoms with Gasteiger partial charge in [0.25, 0.3) is 0 Å². The number of nitrogens with zero attached hydrogens (tertiary/aromatic N) is 1. The molecule has 124 valence electrons. The molecule has 2 amide bonds. The van der Waals surface area contributed by atoms with Crippen LogP contribution in [0.1, 0.15) is 12.8 Å². The lowest BCUT2D eigenvalue weighted by atomic mass is 10.1. The first-order valence-electron chi connectivity index (χ1n) is 7.40. The molecule has 2 atom stereocenters. The molecule has 0 aromatic heterocycles. The summed E-state index contributed by atoms with van der Waals surface area (Å²) in [6.45, 7) is 0.269. The van der Waals surface area contributed by atoms with Crippen molar-refractivity contribution in [1.82, 2.24) is 4.90 Å². The van der Waals surface area contributed by atoms with Gasteiger partial charge in [-0.3, -0.25) is 9.59 Å². The number of carbonyl (C=O) groups excluding carboxylic acids is 2. The molecule has 1 aromatic carbocycles. The Labute approximate surface area is 139 Å². The van der Waals surface area contributed by atoms with Crippen LogP contribution in [0.5, 0.6) is 0 Å². The highest BCUT2D eigenvalue weighted by molar-refractivity contribution is 7.91. The standard InChI is InChI=1S/C15H17ClN2O4S/c16-11-2-1-3-12(7-11)17-15(20)10-6-14(19)18(8-10)13-4-5-23(21,22)9-13/h1-3,7,10,13H,4-6,8-9H2,(H,17,20). The first kappa shape index (κ1) is 16.3. The summed E-state index contributed by atoms with van der Waals surface area (Å²) in [5.74, 6) is -0.755. The fraction of sp³-hybridized carbons (Fsp3) is 0.467. The van der Waals surface area contributed by atoms with E-state index in [2.05, 4.69) is 5.32 Å². The lowest BCUT2D eigenvalue weighted by molar-refractivity contribution is -0.129. The zero-order valence-electron chi connectivity index (χ0n) is 12.4. The summed E-state index contributed by atoms with van der Waals surface area (Å²) < 4.78 is 23.1. The van der Waals surface area contributed by atoms with E-state index in [1.807, 2.05) is 0 Å². The lowest BCUT2D eigenvalue weighted by Gasteiger charge is -2.22. The number of anilines is 1. The Morgan fingerprint density at radius 3 is 2.78 bits per heavy atom. The molecule has 2 aliphatic heterocycles. The van der Waals surface area contributed by atoms with Crippen molar-refractivity contribution in [3.8, 4) is 0 Å². The van der Waals surface area contributed by atoms with E-state index in [4.69, 9.17) is 11.6 Å². The number of benzene rings is 1. The lowest BCUT2D eigenvalue weighted by Crippen LogP contribution is -2.38. The molecule has 0 aliphatic carbocycles. The third-order valence-electron chi connectivity index (χ3n) is 4.27. The number of nitrogens with one attached hydrogen (secondary N) is 1. The number of carbonyl (C=O) groups is 2. The minimum Gasteiger partial charge on any atom is -0.338 e. The van der Waals surface area contributed by atoms with E-state index in [1.165, 1.54) is 0 Å². The van der Waals surface area contributed by atoms with Crippen LogP contribution in [-0.4, -0.2) is 49.2 Å². The summed E-state index contributed by atoms with van der Waals surface area (Å²) in [7, 11) is -3.06. The van der Waals surface area contributed by atoms with Crippen LogP contribution >= 0.6 is 11.6 Å². The smallest absolute Gasteiger partial charge is 0.229 e. The van der Waals surface area contributed by atoms with Crippen LogP contribution < -0.4 is 5.32 Å². The van der Waals surface area contributed by atoms with Gasteiger partial charge in [-0.1, -0.05) is 17.7 Å². The number of hydrogen-bond donors (Lipinski definition) is 1. The van der Waals surface area contributed by atoms with Gasteiger partial charge in [-0.25, -0.2) is 8.42 Å². The summed E-state index contributed by atoms with van der Waals surface area (Å²) in [6.07, 6.45) is 0.569. The normalized spacial score (nSPS) is 26.5. The molecule has 2 heterocycles. The first-order valence-corrected chi connectivity index (χ1v) is 9.60. The van der Waals surface area contributed by atoms with Gasteiger partial charge in [-0.05, 0) is 24.6 Å². The SMILES string of the molecule is O=C(Nc1cccc(Cl)c1)C1CC(=O)N(C2CCS(=O)(=O)C2)C1. The Kier molecular flexibility index (Phi) is 4.33. The largest absolute Gasteiger partial charge is 0.338 e. The predicted molar refractivity (Wildman–Crippen MR) is 87.0 cm³/mol. The maximum atomic E-state index is 12.3. The quantitative estimate of drug-likeness (QED) is 0.885. The number of amides is 2. The fourth-order valence-corrected chi connectivity index (χ4v) is 5.01. The van der Waals surface area contributed by atoms with Gasteiger partial charge in [-0.2, -0.15) is 0 Å². The van der Waals surface area contributed by atoms with E-state index in [0.29, 0.717) is 17.1 Å². The van der Waals surface area contributed by atoms with Crippen molar-refractivity contribution in [3.05, 3.63) is 29.3 Å². The Hall–Kier alpha value is -1.60. The monoisotopic (exact) mass is 356 g/mol. The van der Waals surface area contributed by atoms with E-state index in [9.17, 15) is 18.0 Å². The van der Waals surface area contributed by atoms with E-state index in [1.54, 1.807) is 29.2 Å². The number of likely N-dealkylation sites (tertiary alicyclic amines) is 1. The van der Waals surface area contributed by atoms with E-state index in [-0.39, 0.29) is 42.3 Å². The van der Waals surface area contributed by atoms with Crippen molar-refractivity contribution < 1.29 is 18.0 Å². The zero-order valence-corrected chi connectivity index (χ0v) is 13.9. The number of sulfone groups is 1. The highest BCUT2D eigenvalue weighted by Crippen LogP contribution is 2.27. The molecule has 2 saturated heterocycles. The van der Waals surface area contributed by atoms with Crippen LogP contribution in [0.25, 0.3) is 0 Å². The fourth-order valence-electron chi connectivity index (χ4n) is 3.09. The van der Waals surface area contributed by atoms with Crippen LogP contribution in [0.4, 0.5) is 5.69 Å². The van der Waals surface area contributed by atoms with Gasteiger partial charge in [0.1, 0.15) is 0 Å². The van der Waals surface area contributed by atoms with Crippen LogP contribution in [-0.2, 0) is 19.4 Å². The Bertz CT molecular complexity index is 750. The minimum absolute atomic E-state index is 0.00136. The summed E-state index contributed by atoms with van der Waals surface area (Å²) >= 11 is 5.88. The molecule has 23 heavy (non-hydrogen) atoms. The third-order valence-corrected chi connectivity index (χ3v) is 6.26. The van der Waals surface area contributed by atoms with Crippen molar-refractivity contribution in [1.29, 1.82) is 0 Å². The van der Waals surface area contributed by atoms with Crippen LogP contribution in [0.15, 0.2) is 24.3 Å². The highest BCUT2D eigenvalue weighted by Gasteiger charge is 2.41. The Balaban J connectivity index is 1.64. The average molecular weight is 357 g/mol. The molecule has 3 rings (SSSR count). The zero-order chi connectivity index (χ0) is 16.6. The molecule has 8 heteroatoms. The summed E-state index contributed by atoms with van der Waals surface area (Å²) in [5, 5.41) is 3.27. The molecule has 6 nitrogen and oxygen atoms in total. The van der Waals surface area contributed by atoms with Gasteiger partial charge in [0, 0.05) is 29.7 Å². The van der Waals surface area contributed by atoms with E-state index in [0.717, 1.165) is 0 Å². The molecule has 0 bridgehead atoms. The topological polar surface area (TPSA) is 83.6 Å². The second-order valence-electron chi connectivity index (χ2n) is 6.00. The van der Waals surface area contributed by atoms with Crippen LogP contribution in [0, 0.1) is 5.92 Å². The van der Waals surface area contributed by atoms with Gasteiger partial charge in [0.05, 0.1) is 17.4 Å². The maximum absolute atomic E-state index is 12.3. The van der Waals surface area contributed by atoms with Crippen molar-refractivity contribution in [2.24, 2.45) is 5.92 Å². The predicted octanol–water partition coefficient (Wildman–Crippen LogP) is 1.31. The third kappa shape index (κ3) is 3.67. The van der Waals surface area contributed by atoms with Crippen molar-refractivity contribution in [2.45, 2.75) is 18.9 Å². The molecule has 0 radical (unpaired) electrons. The number of halogens is 1. The van der Waals surface area contributed by atoms with Gasteiger partial charge in [-0.15, -0.1) is 0 Å². The number of rotatable bonds is 3. The molecule has 2 aliphatic rings. The number of hydrogen-bond acceptors (Lipinski definition) is 4. The summed E-state index contributed by atoms with van der Waals surface area (Å²) in [6, 6.07) is 6.50. The second-order valence-corrected chi connectivity index (χ2v) is 8.67. The van der Waals surface area contributed by atoms with E-state index < -0.39 is 15.8 Å². The van der Waals surface area contributed by atoms with Crippen LogP contribution in [0.3, 0.4) is 0 Å². The van der Waals surface area contributed by atoms with E-state index >= 15 is 0 Å². The van der Waals surface area contributed by atoms with Crippen molar-refractivity contribution in [2.75, 3.05) is 23.4 Å². The van der Waals surface area contributed by atoms with Crippen LogP contribution in [0.2, 0.25) is 5.02 Å². The van der Waals surface area contributed by atoms with Gasteiger partial charge < -0.3 is 10.2 Å². The van der Waals surface area contributed by atoms with Gasteiger partial charge >= 0.3 is 0 Å². The molecule has 0 saturated carbocycles. The summed E-state index contributed by atoms with van der Waals surface area (Å²) in [4.78, 5) is 26.0. The summed E-state index contributed by atoms with van der Waals surface area (Å²) in [5.41, 5.74) is 0.580. The Morgan fingerprint density at radius 1 is 1.35 bits per heavy atom. The first-order chi connectivity index (χ1) is 10.8. The molecule has 1 N–H and O–H groups in total. The average Bonchev–Trinajstić information content (AvgIpc) is 3.01. The molecular weight excluding hydrogens is 340 g/mol. The molecule has 2 unspecified atom stereocenters. The molecule has 1 aromatic rings. The second kappa shape index (κ2) is 6.13. The minimum atomic E-state index is -3.06.